The van der Waals surface area contributed by atoms with E-state index < -0.39 is 29.7 Å². The quantitative estimate of drug-likeness (QED) is 0.864. The zero-order valence-corrected chi connectivity index (χ0v) is 13.0. The monoisotopic (exact) mass is 350 g/mol. The number of benzene rings is 1. The van der Waals surface area contributed by atoms with Crippen LogP contribution < -0.4 is 5.32 Å². The number of aryl methyl sites for hydroxylation is 1. The number of hydrogen-bond donors (Lipinski definition) is 1. The van der Waals surface area contributed by atoms with Crippen LogP contribution in [0.1, 0.15) is 28.6 Å². The summed E-state index contributed by atoms with van der Waals surface area (Å²) in [5, 5.41) is 2.47. The van der Waals surface area contributed by atoms with E-state index in [0.717, 1.165) is 17.0 Å². The first-order valence-corrected chi connectivity index (χ1v) is 7.32. The highest BCUT2D eigenvalue weighted by Crippen LogP contribution is 2.31. The van der Waals surface area contributed by atoms with Crippen LogP contribution in [0.3, 0.4) is 0 Å². The van der Waals surface area contributed by atoms with Crippen LogP contribution in [-0.4, -0.2) is 26.8 Å². The van der Waals surface area contributed by atoms with Gasteiger partial charge in [-0.2, -0.15) is 13.2 Å². The largest absolute Gasteiger partial charge is 0.416 e. The van der Waals surface area contributed by atoms with E-state index in [2.05, 4.69) is 15.3 Å². The van der Waals surface area contributed by atoms with Gasteiger partial charge in [0.1, 0.15) is 6.04 Å². The van der Waals surface area contributed by atoms with Crippen LogP contribution in [0.5, 0.6) is 0 Å². The highest BCUT2D eigenvalue weighted by atomic mass is 19.4. The van der Waals surface area contributed by atoms with Crippen molar-refractivity contribution in [3.63, 3.8) is 0 Å². The molecule has 0 bridgehead atoms. The lowest BCUT2D eigenvalue weighted by Crippen LogP contribution is -2.30. The summed E-state index contributed by atoms with van der Waals surface area (Å²) in [5.74, 6) is -0.548. The van der Waals surface area contributed by atoms with Crippen molar-refractivity contribution in [2.75, 3.05) is 0 Å². The van der Waals surface area contributed by atoms with Gasteiger partial charge in [-0.3, -0.25) is 19.7 Å². The van der Waals surface area contributed by atoms with Crippen LogP contribution in [0.25, 0.3) is 0 Å². The molecule has 1 atom stereocenters. The van der Waals surface area contributed by atoms with E-state index in [1.165, 1.54) is 18.3 Å². The number of carbonyl (C=O) groups is 2. The third-order valence-electron chi connectivity index (χ3n) is 3.72. The van der Waals surface area contributed by atoms with Gasteiger partial charge >= 0.3 is 12.2 Å². The molecule has 1 fully saturated rings. The van der Waals surface area contributed by atoms with Crippen LogP contribution in [-0.2, 0) is 17.5 Å². The number of urea groups is 1. The Balaban J connectivity index is 1.79. The van der Waals surface area contributed by atoms with Gasteiger partial charge in [0.15, 0.2) is 0 Å². The third kappa shape index (κ3) is 3.44. The van der Waals surface area contributed by atoms with Crippen molar-refractivity contribution in [1.29, 1.82) is 0 Å². The highest BCUT2D eigenvalue weighted by Gasteiger charge is 2.39. The summed E-state index contributed by atoms with van der Waals surface area (Å²) in [6.45, 7) is 1.67. The number of nitrogens with one attached hydrogen (secondary N) is 1. The topological polar surface area (TPSA) is 75.2 Å². The minimum Gasteiger partial charge on any atom is -0.322 e. The summed E-state index contributed by atoms with van der Waals surface area (Å²) in [6, 6.07) is 2.47. The van der Waals surface area contributed by atoms with Crippen LogP contribution in [0.4, 0.5) is 18.0 Å². The second-order valence-corrected chi connectivity index (χ2v) is 5.58. The SMILES string of the molecule is Cc1cncc(CN2C(=O)NC(c3ccc(C(F)(F)F)cc3)C2=O)n1. The minimum absolute atomic E-state index is 0.0590. The Morgan fingerprint density at radius 3 is 2.44 bits per heavy atom. The fraction of sp³-hybridized carbons (Fsp3) is 0.250. The molecule has 1 saturated heterocycles. The molecule has 3 rings (SSSR count). The highest BCUT2D eigenvalue weighted by molar-refractivity contribution is 6.04. The number of hydrogen-bond acceptors (Lipinski definition) is 4. The van der Waals surface area contributed by atoms with Crippen LogP contribution in [0.15, 0.2) is 36.7 Å². The number of imide groups is 1. The van der Waals surface area contributed by atoms with Crippen LogP contribution in [0.2, 0.25) is 0 Å². The molecular formula is C16H13F3N4O2. The summed E-state index contributed by atoms with van der Waals surface area (Å²) in [6.07, 6.45) is -1.48. The zero-order chi connectivity index (χ0) is 18.2. The fourth-order valence-corrected chi connectivity index (χ4v) is 2.51. The summed E-state index contributed by atoms with van der Waals surface area (Å²) in [4.78, 5) is 33.6. The first-order chi connectivity index (χ1) is 11.8. The molecule has 3 amide bonds. The van der Waals surface area contributed by atoms with Gasteiger partial charge in [-0.15, -0.1) is 0 Å². The first kappa shape index (κ1) is 16.9. The zero-order valence-electron chi connectivity index (χ0n) is 13.0. The van der Waals surface area contributed by atoms with Crippen molar-refractivity contribution >= 4 is 11.9 Å². The Kier molecular flexibility index (Phi) is 4.15. The van der Waals surface area contributed by atoms with Crippen molar-refractivity contribution in [3.8, 4) is 0 Å². The molecule has 1 aromatic carbocycles. The minimum atomic E-state index is -4.46. The lowest BCUT2D eigenvalue weighted by molar-refractivity contribution is -0.137. The molecule has 6 nitrogen and oxygen atoms in total. The van der Waals surface area contributed by atoms with Gasteiger partial charge in [0.05, 0.1) is 29.7 Å². The molecule has 0 aliphatic carbocycles. The second-order valence-electron chi connectivity index (χ2n) is 5.58. The predicted molar refractivity (Wildman–Crippen MR) is 80.0 cm³/mol. The van der Waals surface area contributed by atoms with Gasteiger partial charge in [0.25, 0.3) is 5.91 Å². The van der Waals surface area contributed by atoms with Gasteiger partial charge in [0, 0.05) is 6.20 Å². The lowest BCUT2D eigenvalue weighted by Gasteiger charge is -2.13. The van der Waals surface area contributed by atoms with Crippen molar-refractivity contribution in [2.24, 2.45) is 0 Å². The molecule has 1 aliphatic heterocycles. The van der Waals surface area contributed by atoms with Crippen molar-refractivity contribution in [1.82, 2.24) is 20.2 Å². The lowest BCUT2D eigenvalue weighted by atomic mass is 10.0. The maximum Gasteiger partial charge on any atom is 0.416 e. The summed E-state index contributed by atoms with van der Waals surface area (Å²) >= 11 is 0. The van der Waals surface area contributed by atoms with E-state index >= 15 is 0 Å². The van der Waals surface area contributed by atoms with Gasteiger partial charge in [0.2, 0.25) is 0 Å². The Hall–Kier alpha value is -2.97. The standard InChI is InChI=1S/C16H13F3N4O2/c1-9-6-20-7-12(21-9)8-23-14(24)13(22-15(23)25)10-2-4-11(5-3-10)16(17,18)19/h2-7,13H,8H2,1H3,(H,22,25). The maximum atomic E-state index is 12.6. The number of aromatic nitrogens is 2. The molecule has 2 aromatic rings. The van der Waals surface area contributed by atoms with Crippen LogP contribution in [0, 0.1) is 6.92 Å². The summed E-state index contributed by atoms with van der Waals surface area (Å²) in [7, 11) is 0. The Morgan fingerprint density at radius 2 is 1.84 bits per heavy atom. The average molecular weight is 350 g/mol. The molecule has 1 aliphatic rings. The number of halogens is 3. The molecule has 0 radical (unpaired) electrons. The van der Waals surface area contributed by atoms with E-state index in [1.807, 2.05) is 0 Å². The Morgan fingerprint density at radius 1 is 1.16 bits per heavy atom. The van der Waals surface area contributed by atoms with Gasteiger partial charge in [-0.1, -0.05) is 12.1 Å². The Labute approximate surface area is 140 Å². The molecule has 130 valence electrons. The molecule has 9 heteroatoms. The molecule has 0 saturated carbocycles. The van der Waals surface area contributed by atoms with Crippen molar-refractivity contribution < 1.29 is 22.8 Å². The van der Waals surface area contributed by atoms with Gasteiger partial charge in [-0.25, -0.2) is 4.79 Å². The molecule has 1 N–H and O–H groups in total. The van der Waals surface area contributed by atoms with Crippen molar-refractivity contribution in [2.45, 2.75) is 25.7 Å². The summed E-state index contributed by atoms with van der Waals surface area (Å²) in [5.41, 5.74) is 0.546. The van der Waals surface area contributed by atoms with Crippen molar-refractivity contribution in [3.05, 3.63) is 59.2 Å². The third-order valence-corrected chi connectivity index (χ3v) is 3.72. The number of nitrogens with zero attached hydrogens (tertiary/aromatic N) is 3. The molecule has 1 unspecified atom stereocenters. The van der Waals surface area contributed by atoms with Gasteiger partial charge < -0.3 is 5.32 Å². The van der Waals surface area contributed by atoms with Gasteiger partial charge in [-0.05, 0) is 24.6 Å². The van der Waals surface area contributed by atoms with E-state index in [0.29, 0.717) is 11.4 Å². The number of carbonyl (C=O) groups excluding carboxylic acids is 2. The molecule has 1 aromatic heterocycles. The average Bonchev–Trinajstić information content (AvgIpc) is 2.82. The maximum absolute atomic E-state index is 12.6. The number of amides is 3. The van der Waals surface area contributed by atoms with E-state index in [9.17, 15) is 22.8 Å². The fourth-order valence-electron chi connectivity index (χ4n) is 2.51. The molecule has 25 heavy (non-hydrogen) atoms. The Bertz CT molecular complexity index is 821. The molecule has 2 heterocycles. The number of rotatable bonds is 3. The normalized spacial score (nSPS) is 17.8. The summed E-state index contributed by atoms with van der Waals surface area (Å²) < 4.78 is 37.8. The second kappa shape index (κ2) is 6.15. The molecular weight excluding hydrogens is 337 g/mol. The predicted octanol–water partition coefficient (Wildman–Crippen LogP) is 2.60. The first-order valence-electron chi connectivity index (χ1n) is 7.32. The number of alkyl halides is 3. The molecule has 0 spiro atoms. The van der Waals surface area contributed by atoms with E-state index in [-0.39, 0.29) is 12.1 Å². The van der Waals surface area contributed by atoms with E-state index in [4.69, 9.17) is 0 Å². The van der Waals surface area contributed by atoms with Crippen LogP contribution >= 0.6 is 0 Å². The smallest absolute Gasteiger partial charge is 0.322 e. The van der Waals surface area contributed by atoms with E-state index in [1.54, 1.807) is 13.1 Å².